The van der Waals surface area contributed by atoms with Crippen LogP contribution in [0.25, 0.3) is 14.9 Å². The SMILES string of the molecule is [C-]#[N+]COc1cc(S(=O)(=O)NC(C)=O)c(F)cc1NCC#Cc1sc2c(NC3CCN(CCOC)CC3)cccc2c1CC(F)(F)F. The van der Waals surface area contributed by atoms with Crippen molar-refractivity contribution in [2.24, 2.45) is 0 Å². The highest BCUT2D eigenvalue weighted by atomic mass is 32.2. The van der Waals surface area contributed by atoms with Crippen molar-refractivity contribution in [1.29, 1.82) is 0 Å². The molecule has 47 heavy (non-hydrogen) atoms. The standard InChI is InChI=1S/C31H33F4N5O5S2/c1-20(41)39-47(42,43)29-17-27(45-19-36-2)26(16-24(29)32)37-11-5-8-28-23(18-31(33,34)35)22-6-4-7-25(30(22)46-28)38-21-9-12-40(13-10-21)14-15-44-3/h4,6-7,16-17,21,37-38H,9-15,18-19H2,1,3H3,(H,39,41). The maximum absolute atomic E-state index is 14.8. The van der Waals surface area contributed by atoms with E-state index in [9.17, 15) is 30.8 Å². The van der Waals surface area contributed by atoms with Crippen molar-refractivity contribution >= 4 is 48.7 Å². The molecular weight excluding hydrogens is 662 g/mol. The molecule has 4 rings (SSSR count). The zero-order valence-corrected chi connectivity index (χ0v) is 27.2. The van der Waals surface area contributed by atoms with Crippen LogP contribution in [-0.2, 0) is 26.0 Å². The van der Waals surface area contributed by atoms with Gasteiger partial charge in [-0.2, -0.15) is 13.2 Å². The lowest BCUT2D eigenvalue weighted by Crippen LogP contribution is -2.40. The third-order valence-electron chi connectivity index (χ3n) is 7.21. The summed E-state index contributed by atoms with van der Waals surface area (Å²) in [5.41, 5.74) is 0.750. The van der Waals surface area contributed by atoms with Crippen LogP contribution in [0.15, 0.2) is 35.2 Å². The molecule has 1 aliphatic rings. The number of sulfonamides is 1. The number of amides is 1. The molecule has 1 aliphatic heterocycles. The summed E-state index contributed by atoms with van der Waals surface area (Å²) < 4.78 is 93.4. The Morgan fingerprint density at radius 2 is 1.96 bits per heavy atom. The normalized spacial score (nSPS) is 14.2. The third kappa shape index (κ3) is 9.71. The number of methoxy groups -OCH3 is 1. The van der Waals surface area contributed by atoms with Crippen LogP contribution in [0.2, 0.25) is 0 Å². The van der Waals surface area contributed by atoms with Crippen molar-refractivity contribution in [2.75, 3.05) is 57.3 Å². The van der Waals surface area contributed by atoms with Crippen LogP contribution in [0.1, 0.15) is 30.2 Å². The maximum Gasteiger partial charge on any atom is 0.393 e. The molecule has 1 fully saturated rings. The number of carbonyl (C=O) groups is 1. The summed E-state index contributed by atoms with van der Waals surface area (Å²) in [6, 6.07) is 7.01. The van der Waals surface area contributed by atoms with Gasteiger partial charge in [0, 0.05) is 51.8 Å². The second-order valence-electron chi connectivity index (χ2n) is 10.7. The number of hydrogen-bond acceptors (Lipinski definition) is 9. The van der Waals surface area contributed by atoms with E-state index < -0.39 is 46.0 Å². The van der Waals surface area contributed by atoms with Crippen molar-refractivity contribution < 1.29 is 40.2 Å². The number of thiophene rings is 1. The van der Waals surface area contributed by atoms with Gasteiger partial charge in [0.05, 0.1) is 40.5 Å². The van der Waals surface area contributed by atoms with Gasteiger partial charge in [-0.15, -0.1) is 11.3 Å². The van der Waals surface area contributed by atoms with Crippen LogP contribution in [0, 0.1) is 24.2 Å². The van der Waals surface area contributed by atoms with Crippen molar-refractivity contribution in [1.82, 2.24) is 9.62 Å². The highest BCUT2D eigenvalue weighted by Gasteiger charge is 2.31. The number of nitrogens with one attached hydrogen (secondary N) is 3. The minimum absolute atomic E-state index is 0.0474. The first kappa shape index (κ1) is 35.8. The largest absolute Gasteiger partial charge is 0.424 e. The van der Waals surface area contributed by atoms with Gasteiger partial charge in [0.2, 0.25) is 5.91 Å². The van der Waals surface area contributed by atoms with E-state index in [0.29, 0.717) is 16.7 Å². The van der Waals surface area contributed by atoms with Crippen LogP contribution in [0.5, 0.6) is 5.75 Å². The predicted octanol–water partition coefficient (Wildman–Crippen LogP) is 5.21. The van der Waals surface area contributed by atoms with Crippen molar-refractivity contribution in [2.45, 2.75) is 43.3 Å². The molecule has 0 bridgehead atoms. The fraction of sp³-hybridized carbons (Fsp3) is 0.419. The summed E-state index contributed by atoms with van der Waals surface area (Å²) in [6.45, 7) is 10.5. The summed E-state index contributed by atoms with van der Waals surface area (Å²) in [6.07, 6.45) is -3.90. The number of halogens is 4. The average molecular weight is 696 g/mol. The minimum atomic E-state index is -4.56. The molecule has 10 nitrogen and oxygen atoms in total. The summed E-state index contributed by atoms with van der Waals surface area (Å²) in [5, 5.41) is 6.75. The molecule has 2 aromatic carbocycles. The molecule has 3 N–H and O–H groups in total. The van der Waals surface area contributed by atoms with Gasteiger partial charge in [-0.1, -0.05) is 24.0 Å². The molecule has 0 spiro atoms. The molecule has 0 atom stereocenters. The Bertz CT molecular complexity index is 1800. The first-order valence-corrected chi connectivity index (χ1v) is 16.8. The highest BCUT2D eigenvalue weighted by molar-refractivity contribution is 7.90. The summed E-state index contributed by atoms with van der Waals surface area (Å²) in [7, 11) is -2.89. The molecule has 16 heteroatoms. The first-order valence-electron chi connectivity index (χ1n) is 14.5. The fourth-order valence-corrected chi connectivity index (χ4v) is 7.35. The van der Waals surface area contributed by atoms with Crippen LogP contribution >= 0.6 is 11.3 Å². The fourth-order valence-electron chi connectivity index (χ4n) is 5.11. The highest BCUT2D eigenvalue weighted by Crippen LogP contribution is 2.39. The number of fused-ring (bicyclic) bond motifs is 1. The molecule has 1 saturated heterocycles. The molecular formula is C31H33F4N5O5S2. The third-order valence-corrected chi connectivity index (χ3v) is 9.85. The Hall–Kier alpha value is -4.09. The van der Waals surface area contributed by atoms with Gasteiger partial charge in [-0.3, -0.25) is 9.64 Å². The monoisotopic (exact) mass is 695 g/mol. The number of anilines is 2. The number of carbonyl (C=O) groups excluding carboxylic acids is 1. The molecule has 3 aromatic rings. The van der Waals surface area contributed by atoms with E-state index >= 15 is 0 Å². The molecule has 2 heterocycles. The number of hydrogen-bond donors (Lipinski definition) is 3. The number of benzene rings is 2. The topological polar surface area (TPSA) is 113 Å². The van der Waals surface area contributed by atoms with Gasteiger partial charge in [0.1, 0.15) is 10.7 Å². The lowest BCUT2D eigenvalue weighted by molar-refractivity contribution is -0.127. The van der Waals surface area contributed by atoms with E-state index in [1.807, 2.05) is 6.07 Å². The van der Waals surface area contributed by atoms with E-state index in [1.54, 1.807) is 24.0 Å². The summed E-state index contributed by atoms with van der Waals surface area (Å²) >= 11 is 1.15. The maximum atomic E-state index is 14.8. The second kappa shape index (κ2) is 15.7. The number of nitrogens with zero attached hydrogens (tertiary/aromatic N) is 2. The molecule has 1 amide bonds. The van der Waals surface area contributed by atoms with Crippen LogP contribution in [0.3, 0.4) is 0 Å². The van der Waals surface area contributed by atoms with E-state index in [2.05, 4.69) is 32.2 Å². The predicted molar refractivity (Wildman–Crippen MR) is 171 cm³/mol. The van der Waals surface area contributed by atoms with Crippen LogP contribution in [-0.4, -0.2) is 78.1 Å². The number of likely N-dealkylation sites (tertiary alicyclic amines) is 1. The van der Waals surface area contributed by atoms with Gasteiger partial charge >= 0.3 is 12.9 Å². The van der Waals surface area contributed by atoms with Crippen LogP contribution < -0.4 is 20.1 Å². The molecule has 0 aliphatic carbocycles. The molecule has 252 valence electrons. The zero-order chi connectivity index (χ0) is 34.2. The van der Waals surface area contributed by atoms with Gasteiger partial charge in [0.15, 0.2) is 5.75 Å². The number of rotatable bonds is 12. The Morgan fingerprint density at radius 3 is 2.62 bits per heavy atom. The molecule has 0 radical (unpaired) electrons. The van der Waals surface area contributed by atoms with Crippen molar-refractivity contribution in [3.8, 4) is 17.6 Å². The van der Waals surface area contributed by atoms with Gasteiger partial charge in [-0.05, 0) is 29.9 Å². The van der Waals surface area contributed by atoms with E-state index in [1.165, 1.54) is 0 Å². The number of ether oxygens (including phenoxy) is 2. The lowest BCUT2D eigenvalue weighted by Gasteiger charge is -2.32. The van der Waals surface area contributed by atoms with Crippen molar-refractivity contribution in [3.63, 3.8) is 0 Å². The quantitative estimate of drug-likeness (QED) is 0.135. The Morgan fingerprint density at radius 1 is 1.21 bits per heavy atom. The van der Waals surface area contributed by atoms with E-state index in [-0.39, 0.29) is 34.5 Å². The Labute approximate surface area is 274 Å². The molecule has 0 unspecified atom stereocenters. The molecule has 0 saturated carbocycles. The molecule has 1 aromatic heterocycles. The number of piperidine rings is 1. The Kier molecular flexibility index (Phi) is 11.9. The zero-order valence-electron chi connectivity index (χ0n) is 25.6. The van der Waals surface area contributed by atoms with Gasteiger partial charge in [0.25, 0.3) is 10.0 Å². The van der Waals surface area contributed by atoms with E-state index in [0.717, 1.165) is 68.6 Å². The van der Waals surface area contributed by atoms with Gasteiger partial charge < -0.3 is 25.0 Å². The lowest BCUT2D eigenvalue weighted by atomic mass is 10.0. The number of alkyl halides is 3. The second-order valence-corrected chi connectivity index (χ2v) is 13.3. The van der Waals surface area contributed by atoms with E-state index in [4.69, 9.17) is 16.0 Å². The minimum Gasteiger partial charge on any atom is -0.424 e. The smallest absolute Gasteiger partial charge is 0.393 e. The Balaban J connectivity index is 1.58. The summed E-state index contributed by atoms with van der Waals surface area (Å²) in [4.78, 5) is 16.0. The first-order chi connectivity index (χ1) is 22.3. The average Bonchev–Trinajstić information content (AvgIpc) is 3.34. The summed E-state index contributed by atoms with van der Waals surface area (Å²) in [5.74, 6) is 3.25. The van der Waals surface area contributed by atoms with Crippen LogP contribution in [0.4, 0.5) is 28.9 Å². The van der Waals surface area contributed by atoms with Gasteiger partial charge in [-0.25, -0.2) is 24.1 Å². The van der Waals surface area contributed by atoms with Crippen molar-refractivity contribution in [3.05, 3.63) is 58.0 Å².